The van der Waals surface area contributed by atoms with E-state index in [-0.39, 0.29) is 5.75 Å². The molecule has 14 heavy (non-hydrogen) atoms. The zero-order valence-electron chi connectivity index (χ0n) is 8.44. The minimum Gasteiger partial charge on any atom is -0.369 e. The van der Waals surface area contributed by atoms with Crippen LogP contribution in [0.5, 0.6) is 5.75 Å². The Bertz CT molecular complexity index is 306. The van der Waals surface area contributed by atoms with Crippen molar-refractivity contribution in [2.24, 2.45) is 0 Å². The first-order valence-corrected chi connectivity index (χ1v) is 4.96. The second-order valence-corrected chi connectivity index (χ2v) is 3.79. The lowest BCUT2D eigenvalue weighted by molar-refractivity contribution is 0.312. The highest BCUT2D eigenvalue weighted by atomic mass is 16.3. The van der Waals surface area contributed by atoms with Crippen LogP contribution < -0.4 is 4.90 Å². The van der Waals surface area contributed by atoms with E-state index in [1.54, 1.807) is 12.1 Å². The monoisotopic (exact) mass is 191 g/mol. The lowest BCUT2D eigenvalue weighted by Gasteiger charge is -2.33. The largest absolute Gasteiger partial charge is 0.369 e. The minimum atomic E-state index is 0.0985. The van der Waals surface area contributed by atoms with Gasteiger partial charge in [-0.2, -0.15) is 0 Å². The average molecular weight is 191 g/mol. The number of hydrogen-bond acceptors (Lipinski definition) is 2. The fourth-order valence-corrected chi connectivity index (χ4v) is 1.74. The fourth-order valence-electron chi connectivity index (χ4n) is 1.74. The third-order valence-corrected chi connectivity index (χ3v) is 2.69. The van der Waals surface area contributed by atoms with Gasteiger partial charge in [-0.05, 0) is 19.2 Å². The molecule has 0 amide bonds. The van der Waals surface area contributed by atoms with Gasteiger partial charge in [0.15, 0.2) is 5.75 Å². The summed E-state index contributed by atoms with van der Waals surface area (Å²) in [7, 11) is 2.13. The molecule has 0 N–H and O–H groups in total. The van der Waals surface area contributed by atoms with Crippen LogP contribution in [0.3, 0.4) is 0 Å². The number of hydrogen-bond donors (Lipinski definition) is 0. The lowest BCUT2D eigenvalue weighted by Crippen LogP contribution is -2.44. The van der Waals surface area contributed by atoms with Gasteiger partial charge in [0.1, 0.15) is 0 Å². The van der Waals surface area contributed by atoms with E-state index in [2.05, 4.69) is 16.8 Å². The Morgan fingerprint density at radius 1 is 1.14 bits per heavy atom. The summed E-state index contributed by atoms with van der Waals surface area (Å²) < 4.78 is 0. The molecule has 1 heterocycles. The van der Waals surface area contributed by atoms with E-state index in [1.165, 1.54) is 0 Å². The number of anilines is 1. The molecule has 0 saturated carbocycles. The maximum absolute atomic E-state index is 11.2. The highest BCUT2D eigenvalue weighted by Gasteiger charge is 2.14. The average Bonchev–Trinajstić information content (AvgIpc) is 2.19. The molecule has 0 unspecified atom stereocenters. The van der Waals surface area contributed by atoms with E-state index in [9.17, 15) is 5.11 Å². The van der Waals surface area contributed by atoms with Crippen LogP contribution in [-0.4, -0.2) is 38.1 Å². The van der Waals surface area contributed by atoms with Crippen molar-refractivity contribution in [1.82, 2.24) is 4.90 Å². The number of piperazine rings is 1. The Labute approximate surface area is 84.6 Å². The SMILES string of the molecule is CN1CCN(c2cccc([O])c2)CC1. The third kappa shape index (κ3) is 1.99. The normalized spacial score (nSPS) is 18.5. The van der Waals surface area contributed by atoms with Crippen LogP contribution in [0, 0.1) is 0 Å². The molecular formula is C11H15N2O. The zero-order chi connectivity index (χ0) is 9.97. The molecule has 3 heteroatoms. The van der Waals surface area contributed by atoms with Gasteiger partial charge in [0.2, 0.25) is 0 Å². The van der Waals surface area contributed by atoms with Gasteiger partial charge in [-0.3, -0.25) is 5.11 Å². The summed E-state index contributed by atoms with van der Waals surface area (Å²) in [5.74, 6) is 0.0985. The maximum Gasteiger partial charge on any atom is 0.180 e. The van der Waals surface area contributed by atoms with Crippen molar-refractivity contribution < 1.29 is 5.11 Å². The molecule has 3 nitrogen and oxygen atoms in total. The smallest absolute Gasteiger partial charge is 0.180 e. The first kappa shape index (κ1) is 9.34. The number of nitrogens with zero attached hydrogens (tertiary/aromatic N) is 2. The third-order valence-electron chi connectivity index (χ3n) is 2.69. The molecule has 1 saturated heterocycles. The number of rotatable bonds is 1. The second kappa shape index (κ2) is 3.88. The van der Waals surface area contributed by atoms with Crippen molar-refractivity contribution >= 4 is 5.69 Å². The molecule has 1 aliphatic rings. The summed E-state index contributed by atoms with van der Waals surface area (Å²) in [5, 5.41) is 11.2. The summed E-state index contributed by atoms with van der Waals surface area (Å²) in [5.41, 5.74) is 1.06. The molecule has 1 aromatic rings. The van der Waals surface area contributed by atoms with Crippen molar-refractivity contribution in [2.75, 3.05) is 38.1 Å². The van der Waals surface area contributed by atoms with Gasteiger partial charge in [0.25, 0.3) is 0 Å². The lowest BCUT2D eigenvalue weighted by atomic mass is 10.2. The quantitative estimate of drug-likeness (QED) is 0.673. The zero-order valence-corrected chi connectivity index (χ0v) is 8.44. The molecular weight excluding hydrogens is 176 g/mol. The van der Waals surface area contributed by atoms with Crippen LogP contribution in [0.1, 0.15) is 0 Å². The van der Waals surface area contributed by atoms with E-state index >= 15 is 0 Å². The van der Waals surface area contributed by atoms with Crippen LogP contribution in [-0.2, 0) is 5.11 Å². The highest BCUT2D eigenvalue weighted by Crippen LogP contribution is 2.21. The molecule has 1 radical (unpaired) electrons. The van der Waals surface area contributed by atoms with Crippen molar-refractivity contribution in [3.63, 3.8) is 0 Å². The molecule has 1 fully saturated rings. The first-order valence-electron chi connectivity index (χ1n) is 4.96. The van der Waals surface area contributed by atoms with E-state index in [1.807, 2.05) is 12.1 Å². The van der Waals surface area contributed by atoms with Crippen LogP contribution in [0.25, 0.3) is 0 Å². The molecule has 2 rings (SSSR count). The molecule has 0 bridgehead atoms. The van der Waals surface area contributed by atoms with Gasteiger partial charge in [0, 0.05) is 37.9 Å². The van der Waals surface area contributed by atoms with Crippen molar-refractivity contribution in [3.05, 3.63) is 24.3 Å². The van der Waals surface area contributed by atoms with Crippen molar-refractivity contribution in [2.45, 2.75) is 0 Å². The Kier molecular flexibility index (Phi) is 2.59. The molecule has 75 valence electrons. The molecule has 0 aliphatic carbocycles. The standard InChI is InChI=1S/C11H15N2O/c1-12-5-7-13(8-6-12)10-3-2-4-11(14)9-10/h2-4,9H,5-8H2,1H3. The van der Waals surface area contributed by atoms with Crippen LogP contribution >= 0.6 is 0 Å². The van der Waals surface area contributed by atoms with Gasteiger partial charge >= 0.3 is 0 Å². The molecule has 1 aromatic carbocycles. The van der Waals surface area contributed by atoms with Crippen LogP contribution in [0.2, 0.25) is 0 Å². The first-order chi connectivity index (χ1) is 6.75. The Hall–Kier alpha value is -1.22. The van der Waals surface area contributed by atoms with E-state index in [0.29, 0.717) is 0 Å². The number of benzene rings is 1. The van der Waals surface area contributed by atoms with Crippen molar-refractivity contribution in [3.8, 4) is 5.75 Å². The minimum absolute atomic E-state index is 0.0985. The van der Waals surface area contributed by atoms with Gasteiger partial charge in [-0.1, -0.05) is 6.07 Å². The highest BCUT2D eigenvalue weighted by molar-refractivity contribution is 5.50. The van der Waals surface area contributed by atoms with E-state index in [0.717, 1.165) is 31.9 Å². The summed E-state index contributed by atoms with van der Waals surface area (Å²) in [6, 6.07) is 7.15. The summed E-state index contributed by atoms with van der Waals surface area (Å²) in [4.78, 5) is 4.57. The van der Waals surface area contributed by atoms with Crippen LogP contribution in [0.4, 0.5) is 5.69 Å². The Morgan fingerprint density at radius 2 is 1.86 bits per heavy atom. The Morgan fingerprint density at radius 3 is 2.50 bits per heavy atom. The van der Waals surface area contributed by atoms with Gasteiger partial charge in [0.05, 0.1) is 0 Å². The second-order valence-electron chi connectivity index (χ2n) is 3.79. The van der Waals surface area contributed by atoms with Gasteiger partial charge in [-0.25, -0.2) is 0 Å². The molecule has 0 spiro atoms. The molecule has 0 aromatic heterocycles. The summed E-state index contributed by atoms with van der Waals surface area (Å²) in [6.45, 7) is 4.17. The molecule has 1 aliphatic heterocycles. The summed E-state index contributed by atoms with van der Waals surface area (Å²) >= 11 is 0. The van der Waals surface area contributed by atoms with E-state index in [4.69, 9.17) is 0 Å². The van der Waals surface area contributed by atoms with Gasteiger partial charge < -0.3 is 9.80 Å². The number of likely N-dealkylation sites (N-methyl/N-ethyl adjacent to an activating group) is 1. The predicted molar refractivity (Wildman–Crippen MR) is 56.3 cm³/mol. The van der Waals surface area contributed by atoms with Crippen LogP contribution in [0.15, 0.2) is 24.3 Å². The topological polar surface area (TPSA) is 26.4 Å². The van der Waals surface area contributed by atoms with Crippen molar-refractivity contribution in [1.29, 1.82) is 0 Å². The fraction of sp³-hybridized carbons (Fsp3) is 0.455. The maximum atomic E-state index is 11.2. The summed E-state index contributed by atoms with van der Waals surface area (Å²) in [6.07, 6.45) is 0. The van der Waals surface area contributed by atoms with E-state index < -0.39 is 0 Å². The predicted octanol–water partition coefficient (Wildman–Crippen LogP) is 1.58. The van der Waals surface area contributed by atoms with Gasteiger partial charge in [-0.15, -0.1) is 0 Å². The Balaban J connectivity index is 2.08. The molecule has 0 atom stereocenters.